The molecule has 0 radical (unpaired) electrons. The summed E-state index contributed by atoms with van der Waals surface area (Å²) in [6.07, 6.45) is 0.613. The predicted molar refractivity (Wildman–Crippen MR) is 108 cm³/mol. The Hall–Kier alpha value is -2.70. The molecule has 3 rings (SSSR count). The number of anilines is 1. The van der Waals surface area contributed by atoms with Crippen molar-refractivity contribution in [2.75, 3.05) is 37.6 Å². The molecule has 1 N–H and O–H groups in total. The zero-order valence-corrected chi connectivity index (χ0v) is 16.8. The largest absolute Gasteiger partial charge is 0.353 e. The Morgan fingerprint density at radius 2 is 1.93 bits per heavy atom. The van der Waals surface area contributed by atoms with Crippen molar-refractivity contribution in [1.82, 2.24) is 20.2 Å². The lowest BCUT2D eigenvalue weighted by Crippen LogP contribution is -2.52. The number of carbonyl (C=O) groups is 1. The van der Waals surface area contributed by atoms with Gasteiger partial charge < -0.3 is 15.1 Å². The highest BCUT2D eigenvalue weighted by Gasteiger charge is 2.22. The van der Waals surface area contributed by atoms with Gasteiger partial charge in [0.15, 0.2) is 0 Å². The van der Waals surface area contributed by atoms with E-state index in [1.54, 1.807) is 6.07 Å². The van der Waals surface area contributed by atoms with Crippen LogP contribution in [0.3, 0.4) is 0 Å². The molecular weight excluding hydrogens is 357 g/mol. The number of carbonyl (C=O) groups excluding carboxylic acids is 1. The van der Waals surface area contributed by atoms with Gasteiger partial charge in [0.1, 0.15) is 17.5 Å². The molecule has 7 heteroatoms. The number of hydrogen-bond acceptors (Lipinski definition) is 4. The lowest BCUT2D eigenvalue weighted by atomic mass is 10.1. The Balaban J connectivity index is 1.49. The maximum absolute atomic E-state index is 13.2. The van der Waals surface area contributed by atoms with E-state index < -0.39 is 0 Å². The third-order valence-corrected chi connectivity index (χ3v) is 4.84. The lowest BCUT2D eigenvalue weighted by molar-refractivity contribution is 0.194. The van der Waals surface area contributed by atoms with Crippen molar-refractivity contribution in [2.45, 2.75) is 33.1 Å². The van der Waals surface area contributed by atoms with Crippen LogP contribution in [0.2, 0.25) is 0 Å². The van der Waals surface area contributed by atoms with Gasteiger partial charge in [-0.05, 0) is 31.0 Å². The first kappa shape index (κ1) is 20.0. The molecule has 1 fully saturated rings. The number of halogens is 1. The van der Waals surface area contributed by atoms with Gasteiger partial charge in [-0.25, -0.2) is 19.2 Å². The van der Waals surface area contributed by atoms with E-state index in [0.717, 1.165) is 36.0 Å². The average molecular weight is 385 g/mol. The lowest BCUT2D eigenvalue weighted by Gasteiger charge is -2.35. The minimum Gasteiger partial charge on any atom is -0.353 e. The van der Waals surface area contributed by atoms with Crippen molar-refractivity contribution in [3.63, 3.8) is 0 Å². The van der Waals surface area contributed by atoms with Crippen molar-refractivity contribution in [3.05, 3.63) is 53.2 Å². The smallest absolute Gasteiger partial charge is 0.317 e. The normalized spacial score (nSPS) is 14.5. The monoisotopic (exact) mass is 385 g/mol. The number of aryl methyl sites for hydroxylation is 1. The van der Waals surface area contributed by atoms with Crippen molar-refractivity contribution >= 4 is 11.8 Å². The minimum absolute atomic E-state index is 0.0715. The summed E-state index contributed by atoms with van der Waals surface area (Å²) in [4.78, 5) is 25.6. The highest BCUT2D eigenvalue weighted by Crippen LogP contribution is 2.18. The van der Waals surface area contributed by atoms with Crippen LogP contribution in [-0.4, -0.2) is 53.6 Å². The number of aromatic nitrogens is 2. The van der Waals surface area contributed by atoms with Crippen LogP contribution in [0.4, 0.5) is 15.0 Å². The van der Waals surface area contributed by atoms with E-state index in [-0.39, 0.29) is 17.8 Å². The molecule has 2 aromatic rings. The predicted octanol–water partition coefficient (Wildman–Crippen LogP) is 3.12. The second kappa shape index (κ2) is 8.99. The maximum atomic E-state index is 13.2. The Bertz CT molecular complexity index is 818. The molecule has 2 heterocycles. The van der Waals surface area contributed by atoms with Crippen LogP contribution < -0.4 is 10.2 Å². The van der Waals surface area contributed by atoms with Crippen molar-refractivity contribution < 1.29 is 9.18 Å². The summed E-state index contributed by atoms with van der Waals surface area (Å²) in [5.74, 6) is 1.82. The van der Waals surface area contributed by atoms with Crippen molar-refractivity contribution in [1.29, 1.82) is 0 Å². The third-order valence-electron chi connectivity index (χ3n) is 4.84. The van der Waals surface area contributed by atoms with Crippen LogP contribution in [0.1, 0.15) is 36.8 Å². The van der Waals surface area contributed by atoms with Gasteiger partial charge in [-0.1, -0.05) is 26.0 Å². The van der Waals surface area contributed by atoms with Gasteiger partial charge in [0.25, 0.3) is 0 Å². The van der Waals surface area contributed by atoms with Crippen LogP contribution in [0.15, 0.2) is 30.3 Å². The molecule has 28 heavy (non-hydrogen) atoms. The van der Waals surface area contributed by atoms with E-state index in [1.807, 2.05) is 24.0 Å². The molecule has 0 spiro atoms. The SMILES string of the molecule is Cc1cc(N2CCN(C(=O)NCCc3cccc(F)c3)CC2)nc(C(C)C)n1. The van der Waals surface area contributed by atoms with E-state index in [0.29, 0.717) is 26.1 Å². The van der Waals surface area contributed by atoms with Crippen LogP contribution in [0, 0.1) is 12.7 Å². The van der Waals surface area contributed by atoms with Gasteiger partial charge >= 0.3 is 6.03 Å². The molecule has 0 bridgehead atoms. The van der Waals surface area contributed by atoms with Gasteiger partial charge in [0.05, 0.1) is 0 Å². The number of rotatable bonds is 5. The zero-order chi connectivity index (χ0) is 20.1. The van der Waals surface area contributed by atoms with Crippen molar-refractivity contribution in [2.24, 2.45) is 0 Å². The van der Waals surface area contributed by atoms with E-state index in [1.165, 1.54) is 12.1 Å². The third kappa shape index (κ3) is 5.18. The highest BCUT2D eigenvalue weighted by atomic mass is 19.1. The Morgan fingerprint density at radius 3 is 2.61 bits per heavy atom. The average Bonchev–Trinajstić information content (AvgIpc) is 2.67. The molecule has 1 aromatic heterocycles. The number of nitrogens with zero attached hydrogens (tertiary/aromatic N) is 4. The number of amides is 2. The van der Waals surface area contributed by atoms with Gasteiger partial charge in [0, 0.05) is 50.4 Å². The highest BCUT2D eigenvalue weighted by molar-refractivity contribution is 5.74. The van der Waals surface area contributed by atoms with E-state index in [9.17, 15) is 9.18 Å². The Morgan fingerprint density at radius 1 is 1.18 bits per heavy atom. The summed E-state index contributed by atoms with van der Waals surface area (Å²) in [5, 5.41) is 2.93. The summed E-state index contributed by atoms with van der Waals surface area (Å²) in [6, 6.07) is 8.40. The van der Waals surface area contributed by atoms with E-state index >= 15 is 0 Å². The second-order valence-corrected chi connectivity index (χ2v) is 7.47. The number of piperazine rings is 1. The first-order valence-electron chi connectivity index (χ1n) is 9.80. The standard InChI is InChI=1S/C21H28FN5O/c1-15(2)20-24-16(3)13-19(25-20)26-9-11-27(12-10-26)21(28)23-8-7-17-5-4-6-18(22)14-17/h4-6,13-15H,7-12H2,1-3H3,(H,23,28). The molecule has 6 nitrogen and oxygen atoms in total. The molecule has 150 valence electrons. The molecule has 0 saturated carbocycles. The van der Waals surface area contributed by atoms with Crippen LogP contribution in [0.5, 0.6) is 0 Å². The summed E-state index contributed by atoms with van der Waals surface area (Å²) in [7, 11) is 0. The first-order valence-corrected chi connectivity index (χ1v) is 9.80. The molecule has 0 unspecified atom stereocenters. The number of urea groups is 1. The fourth-order valence-electron chi connectivity index (χ4n) is 3.25. The summed E-state index contributed by atoms with van der Waals surface area (Å²) >= 11 is 0. The molecule has 0 aliphatic carbocycles. The second-order valence-electron chi connectivity index (χ2n) is 7.47. The van der Waals surface area contributed by atoms with Gasteiger partial charge in [-0.15, -0.1) is 0 Å². The number of nitrogens with one attached hydrogen (secondary N) is 1. The van der Waals surface area contributed by atoms with Gasteiger partial charge in [-0.2, -0.15) is 0 Å². The number of hydrogen-bond donors (Lipinski definition) is 1. The molecule has 1 saturated heterocycles. The fraction of sp³-hybridized carbons (Fsp3) is 0.476. The Labute approximate surface area is 165 Å². The topological polar surface area (TPSA) is 61.4 Å². The summed E-state index contributed by atoms with van der Waals surface area (Å²) in [6.45, 7) is 9.42. The summed E-state index contributed by atoms with van der Waals surface area (Å²) < 4.78 is 13.2. The molecule has 1 aromatic carbocycles. The van der Waals surface area contributed by atoms with Crippen molar-refractivity contribution in [3.8, 4) is 0 Å². The van der Waals surface area contributed by atoms with E-state index in [4.69, 9.17) is 0 Å². The molecule has 2 amide bonds. The maximum Gasteiger partial charge on any atom is 0.317 e. The first-order chi connectivity index (χ1) is 13.4. The van der Waals surface area contributed by atoms with Gasteiger partial charge in [0.2, 0.25) is 0 Å². The minimum atomic E-state index is -0.250. The van der Waals surface area contributed by atoms with Crippen LogP contribution in [-0.2, 0) is 6.42 Å². The molecule has 1 aliphatic heterocycles. The fourth-order valence-corrected chi connectivity index (χ4v) is 3.25. The van der Waals surface area contributed by atoms with Crippen LogP contribution in [0.25, 0.3) is 0 Å². The molecular formula is C21H28FN5O. The molecule has 1 aliphatic rings. The van der Waals surface area contributed by atoms with E-state index in [2.05, 4.69) is 34.0 Å². The molecule has 0 atom stereocenters. The Kier molecular flexibility index (Phi) is 6.44. The summed E-state index contributed by atoms with van der Waals surface area (Å²) in [5.41, 5.74) is 1.84. The van der Waals surface area contributed by atoms with Crippen LogP contribution >= 0.6 is 0 Å². The zero-order valence-electron chi connectivity index (χ0n) is 16.8. The quantitative estimate of drug-likeness (QED) is 0.859. The van der Waals surface area contributed by atoms with Gasteiger partial charge in [-0.3, -0.25) is 0 Å². The number of benzene rings is 1.